The van der Waals surface area contributed by atoms with Gasteiger partial charge in [0.25, 0.3) is 6.29 Å². The molecular weight excluding hydrogens is 494 g/mol. The molecule has 1 atom stereocenters. The number of carbonyl (C=O) groups excluding carboxylic acids is 1. The Morgan fingerprint density at radius 1 is 1.22 bits per heavy atom. The maximum Gasteiger partial charge on any atom is 0.268 e. The minimum atomic E-state index is -0.666. The first kappa shape index (κ1) is 24.6. The van der Waals surface area contributed by atoms with E-state index in [0.29, 0.717) is 52.6 Å². The van der Waals surface area contributed by atoms with Gasteiger partial charge in [-0.1, -0.05) is 39.0 Å². The van der Waals surface area contributed by atoms with E-state index in [-0.39, 0.29) is 5.91 Å². The number of thioether (sulfide) groups is 1. The minimum Gasteiger partial charge on any atom is -0.454 e. The zero-order chi connectivity index (χ0) is 26.0. The quantitative estimate of drug-likeness (QED) is 0.323. The summed E-state index contributed by atoms with van der Waals surface area (Å²) in [6.45, 7) is 6.73. The second-order valence-electron chi connectivity index (χ2n) is 9.39. The van der Waals surface area contributed by atoms with Gasteiger partial charge in [0.15, 0.2) is 22.1 Å². The lowest BCUT2D eigenvalue weighted by molar-refractivity contribution is -0.128. The van der Waals surface area contributed by atoms with E-state index in [0.717, 1.165) is 11.1 Å². The number of aryl methyl sites for hydroxylation is 1. The van der Waals surface area contributed by atoms with E-state index in [1.165, 1.54) is 24.4 Å². The fraction of sp³-hybridized carbons (Fsp3) is 0.320. The van der Waals surface area contributed by atoms with E-state index in [4.69, 9.17) is 19.6 Å². The average Bonchev–Trinajstić information content (AvgIpc) is 3.63. The Kier molecular flexibility index (Phi) is 6.74. The number of nitrogens with one attached hydrogen (secondary N) is 1. The Morgan fingerprint density at radius 3 is 2.84 bits per heavy atom. The Labute approximate surface area is 217 Å². The molecule has 0 radical (unpaired) electrons. The third kappa shape index (κ3) is 5.24. The van der Waals surface area contributed by atoms with Crippen molar-refractivity contribution in [1.29, 1.82) is 0 Å². The molecule has 0 aliphatic carbocycles. The number of nitrogens with zero attached hydrogens (tertiary/aromatic N) is 5. The maximum atomic E-state index is 12.2. The number of oxazole rings is 1. The highest BCUT2D eigenvalue weighted by atomic mass is 32.2. The first-order chi connectivity index (χ1) is 17.8. The van der Waals surface area contributed by atoms with Crippen LogP contribution in [0.1, 0.15) is 39.0 Å². The van der Waals surface area contributed by atoms with Crippen LogP contribution in [0.25, 0.3) is 22.6 Å². The van der Waals surface area contributed by atoms with Crippen LogP contribution in [-0.2, 0) is 20.8 Å². The van der Waals surface area contributed by atoms with Crippen LogP contribution in [0, 0.1) is 5.41 Å². The zero-order valence-electron chi connectivity index (χ0n) is 20.7. The number of imidazole rings is 1. The fourth-order valence-electron chi connectivity index (χ4n) is 3.72. The number of amides is 1. The van der Waals surface area contributed by atoms with Crippen LogP contribution in [0.5, 0.6) is 0 Å². The molecule has 4 aromatic rings. The van der Waals surface area contributed by atoms with Crippen LogP contribution in [0.15, 0.2) is 64.0 Å². The van der Waals surface area contributed by atoms with Crippen molar-refractivity contribution < 1.29 is 18.7 Å². The normalized spacial score (nSPS) is 15.3. The number of rotatable bonds is 8. The van der Waals surface area contributed by atoms with Gasteiger partial charge in [0.2, 0.25) is 16.9 Å². The van der Waals surface area contributed by atoms with Gasteiger partial charge in [-0.3, -0.25) is 4.79 Å². The molecule has 3 N–H and O–H groups in total. The molecule has 3 aromatic heterocycles. The largest absolute Gasteiger partial charge is 0.454 e. The van der Waals surface area contributed by atoms with Crippen molar-refractivity contribution >= 4 is 34.7 Å². The number of fused-ring (bicyclic) bond motifs is 1. The van der Waals surface area contributed by atoms with E-state index in [1.807, 2.05) is 49.6 Å². The highest BCUT2D eigenvalue weighted by molar-refractivity contribution is 8.02. The third-order valence-electron chi connectivity index (χ3n) is 5.63. The first-order valence-corrected chi connectivity index (χ1v) is 12.6. The van der Waals surface area contributed by atoms with E-state index >= 15 is 0 Å². The van der Waals surface area contributed by atoms with Gasteiger partial charge in [-0.15, -0.1) is 0 Å². The predicted octanol–water partition coefficient (Wildman–Crippen LogP) is 4.25. The standard InChI is InChI=1S/C25H27N7O4S/c1-25(2,3)23(33)28-9-6-11-32-20-18(19(26)29-14-30-20)31-24(32)37-17-13-35-22(36-17)16-8-5-4-7-15(16)21-27-10-12-34-21/h4-5,7-8,10,12-14,22H,6,9,11H2,1-3H3,(H,28,33)(H2,26,29,30). The van der Waals surface area contributed by atoms with Crippen LogP contribution >= 0.6 is 11.8 Å². The summed E-state index contributed by atoms with van der Waals surface area (Å²) in [6.07, 6.45) is 6.10. The van der Waals surface area contributed by atoms with Crippen molar-refractivity contribution in [2.45, 2.75) is 45.2 Å². The van der Waals surface area contributed by atoms with Gasteiger partial charge in [0, 0.05) is 29.6 Å². The highest BCUT2D eigenvalue weighted by Crippen LogP contribution is 2.40. The number of ether oxygens (including phenoxy) is 2. The molecule has 1 unspecified atom stereocenters. The molecule has 0 saturated heterocycles. The summed E-state index contributed by atoms with van der Waals surface area (Å²) in [5, 5.41) is 4.12. The summed E-state index contributed by atoms with van der Waals surface area (Å²) < 4.78 is 19.4. The van der Waals surface area contributed by atoms with Crippen molar-refractivity contribution in [3.8, 4) is 11.5 Å². The molecule has 0 fully saturated rings. The molecule has 11 nitrogen and oxygen atoms in total. The molecule has 192 valence electrons. The summed E-state index contributed by atoms with van der Waals surface area (Å²) >= 11 is 1.30. The molecular formula is C25H27N7O4S. The lowest BCUT2D eigenvalue weighted by atomic mass is 9.96. The van der Waals surface area contributed by atoms with Gasteiger partial charge in [-0.05, 0) is 24.2 Å². The molecule has 1 aliphatic rings. The van der Waals surface area contributed by atoms with Crippen LogP contribution in [0.2, 0.25) is 0 Å². The Bertz CT molecular complexity index is 1440. The molecule has 1 aromatic carbocycles. The number of hydrogen-bond donors (Lipinski definition) is 2. The van der Waals surface area contributed by atoms with Crippen molar-refractivity contribution in [1.82, 2.24) is 29.8 Å². The minimum absolute atomic E-state index is 0.00175. The van der Waals surface area contributed by atoms with Crippen LogP contribution in [-0.4, -0.2) is 37.0 Å². The topological polar surface area (TPSA) is 143 Å². The Hall–Kier alpha value is -4.06. The lowest BCUT2D eigenvalue weighted by Gasteiger charge is -2.17. The molecule has 0 bridgehead atoms. The van der Waals surface area contributed by atoms with Crippen LogP contribution < -0.4 is 11.1 Å². The van der Waals surface area contributed by atoms with E-state index in [2.05, 4.69) is 25.3 Å². The van der Waals surface area contributed by atoms with Crippen molar-refractivity contribution in [3.05, 3.63) is 60.0 Å². The second kappa shape index (κ2) is 10.1. The van der Waals surface area contributed by atoms with Gasteiger partial charge in [-0.2, -0.15) is 0 Å². The number of carbonyl (C=O) groups is 1. The molecule has 1 aliphatic heterocycles. The van der Waals surface area contributed by atoms with Crippen molar-refractivity contribution in [3.63, 3.8) is 0 Å². The zero-order valence-corrected chi connectivity index (χ0v) is 21.5. The number of nitrogen functional groups attached to an aromatic ring is 1. The maximum absolute atomic E-state index is 12.2. The molecule has 5 rings (SSSR count). The molecule has 4 heterocycles. The van der Waals surface area contributed by atoms with Crippen LogP contribution in [0.3, 0.4) is 0 Å². The van der Waals surface area contributed by atoms with Crippen molar-refractivity contribution in [2.75, 3.05) is 12.3 Å². The number of aromatic nitrogens is 5. The number of nitrogens with two attached hydrogens (primary N) is 1. The SMILES string of the molecule is CC(C)(C)C(=O)NCCCn1c(SC2=COC(c3ccccc3-c3ncco3)O2)nc2c(N)ncnc21. The smallest absolute Gasteiger partial charge is 0.268 e. The van der Waals surface area contributed by atoms with Gasteiger partial charge in [0.05, 0.1) is 6.20 Å². The number of anilines is 1. The summed E-state index contributed by atoms with van der Waals surface area (Å²) in [6, 6.07) is 7.61. The van der Waals surface area contributed by atoms with Gasteiger partial charge in [0.1, 0.15) is 18.9 Å². The molecule has 0 saturated carbocycles. The lowest BCUT2D eigenvalue weighted by Crippen LogP contribution is -2.35. The molecule has 0 spiro atoms. The van der Waals surface area contributed by atoms with Gasteiger partial charge >= 0.3 is 0 Å². The summed E-state index contributed by atoms with van der Waals surface area (Å²) in [7, 11) is 0. The molecule has 12 heteroatoms. The summed E-state index contributed by atoms with van der Waals surface area (Å²) in [4.78, 5) is 29.6. The monoisotopic (exact) mass is 521 g/mol. The Balaban J connectivity index is 1.32. The third-order valence-corrected chi connectivity index (χ3v) is 6.52. The van der Waals surface area contributed by atoms with Crippen molar-refractivity contribution in [2.24, 2.45) is 5.41 Å². The first-order valence-electron chi connectivity index (χ1n) is 11.7. The second-order valence-corrected chi connectivity index (χ2v) is 10.4. The fourth-order valence-corrected chi connectivity index (χ4v) is 4.57. The number of benzene rings is 1. The summed E-state index contributed by atoms with van der Waals surface area (Å²) in [5.74, 6) is 0.780. The highest BCUT2D eigenvalue weighted by Gasteiger charge is 2.28. The predicted molar refractivity (Wildman–Crippen MR) is 138 cm³/mol. The van der Waals surface area contributed by atoms with E-state index < -0.39 is 11.7 Å². The van der Waals surface area contributed by atoms with Crippen LogP contribution in [0.4, 0.5) is 5.82 Å². The molecule has 37 heavy (non-hydrogen) atoms. The van der Waals surface area contributed by atoms with Gasteiger partial charge < -0.3 is 29.5 Å². The Morgan fingerprint density at radius 2 is 2.05 bits per heavy atom. The van der Waals surface area contributed by atoms with E-state index in [1.54, 1.807) is 12.5 Å². The summed E-state index contributed by atoms with van der Waals surface area (Å²) in [5.41, 5.74) is 8.32. The number of hydrogen-bond acceptors (Lipinski definition) is 10. The average molecular weight is 522 g/mol. The van der Waals surface area contributed by atoms with Gasteiger partial charge in [-0.25, -0.2) is 19.9 Å². The van der Waals surface area contributed by atoms with E-state index in [9.17, 15) is 4.79 Å². The molecule has 1 amide bonds.